The molecule has 8 nitrogen and oxygen atoms in total. The summed E-state index contributed by atoms with van der Waals surface area (Å²) in [5.41, 5.74) is 0.909. The van der Waals surface area contributed by atoms with Crippen molar-refractivity contribution in [2.75, 3.05) is 50.8 Å². The van der Waals surface area contributed by atoms with Gasteiger partial charge >= 0.3 is 6.09 Å². The van der Waals surface area contributed by atoms with Gasteiger partial charge in [0.2, 0.25) is 0 Å². The zero-order chi connectivity index (χ0) is 22.4. The standard InChI is InChI=1S/C22H34FN5O3/c1-5-24-20(26-17-14-28(15-17)21(29)31-22(2,3)4)25-13-16-6-7-19(18(23)12-16)27-8-10-30-11-9-27/h6-7,12,17H,5,8-11,13-15H2,1-4H3,(H2,24,25,26). The minimum atomic E-state index is -0.501. The number of aliphatic imine (C=N–C) groups is 1. The summed E-state index contributed by atoms with van der Waals surface area (Å²) in [6, 6.07) is 5.38. The van der Waals surface area contributed by atoms with E-state index in [2.05, 4.69) is 15.6 Å². The van der Waals surface area contributed by atoms with E-state index in [1.165, 1.54) is 0 Å². The summed E-state index contributed by atoms with van der Waals surface area (Å²) in [6.07, 6.45) is -0.302. The highest BCUT2D eigenvalue weighted by atomic mass is 19.1. The SMILES string of the molecule is CCNC(=NCc1ccc(N2CCOCC2)c(F)c1)NC1CN(C(=O)OC(C)(C)C)C1. The molecule has 0 aliphatic carbocycles. The quantitative estimate of drug-likeness (QED) is 0.546. The Morgan fingerprint density at radius 3 is 2.61 bits per heavy atom. The highest BCUT2D eigenvalue weighted by Gasteiger charge is 2.34. The zero-order valence-electron chi connectivity index (χ0n) is 18.9. The molecule has 172 valence electrons. The van der Waals surface area contributed by atoms with Crippen LogP contribution in [0.3, 0.4) is 0 Å². The molecule has 0 bridgehead atoms. The van der Waals surface area contributed by atoms with Crippen LogP contribution in [0.1, 0.15) is 33.3 Å². The maximum atomic E-state index is 14.6. The highest BCUT2D eigenvalue weighted by Crippen LogP contribution is 2.22. The Hall–Kier alpha value is -2.55. The molecule has 2 fully saturated rings. The van der Waals surface area contributed by atoms with Crippen molar-refractivity contribution in [3.63, 3.8) is 0 Å². The van der Waals surface area contributed by atoms with Crippen molar-refractivity contribution in [2.45, 2.75) is 45.9 Å². The molecule has 0 unspecified atom stereocenters. The molecule has 0 aromatic heterocycles. The van der Waals surface area contributed by atoms with Crippen molar-refractivity contribution in [1.29, 1.82) is 0 Å². The Labute approximate surface area is 183 Å². The van der Waals surface area contributed by atoms with E-state index in [0.29, 0.717) is 64.1 Å². The summed E-state index contributed by atoms with van der Waals surface area (Å²) in [5, 5.41) is 6.52. The average molecular weight is 436 g/mol. The number of guanidine groups is 1. The third-order valence-electron chi connectivity index (χ3n) is 5.00. The molecule has 0 radical (unpaired) electrons. The predicted molar refractivity (Wildman–Crippen MR) is 119 cm³/mol. The zero-order valence-corrected chi connectivity index (χ0v) is 18.9. The van der Waals surface area contributed by atoms with Crippen LogP contribution in [0.15, 0.2) is 23.2 Å². The Kier molecular flexibility index (Phi) is 7.59. The van der Waals surface area contributed by atoms with Crippen LogP contribution >= 0.6 is 0 Å². The number of anilines is 1. The van der Waals surface area contributed by atoms with Crippen LogP contribution in [0.4, 0.5) is 14.9 Å². The van der Waals surface area contributed by atoms with E-state index in [9.17, 15) is 9.18 Å². The van der Waals surface area contributed by atoms with Crippen LogP contribution in [-0.4, -0.2) is 74.5 Å². The average Bonchev–Trinajstić information content (AvgIpc) is 2.67. The number of carbonyl (C=O) groups excluding carboxylic acids is 1. The largest absolute Gasteiger partial charge is 0.444 e. The molecule has 31 heavy (non-hydrogen) atoms. The monoisotopic (exact) mass is 435 g/mol. The summed E-state index contributed by atoms with van der Waals surface area (Å²) in [7, 11) is 0. The first-order valence-electron chi connectivity index (χ1n) is 10.9. The molecular weight excluding hydrogens is 401 g/mol. The molecule has 2 heterocycles. The van der Waals surface area contributed by atoms with Gasteiger partial charge in [-0.3, -0.25) is 0 Å². The molecule has 3 rings (SSSR count). The van der Waals surface area contributed by atoms with Crippen LogP contribution < -0.4 is 15.5 Å². The molecule has 2 aliphatic heterocycles. The van der Waals surface area contributed by atoms with E-state index in [0.717, 1.165) is 5.56 Å². The smallest absolute Gasteiger partial charge is 0.410 e. The molecule has 9 heteroatoms. The van der Waals surface area contributed by atoms with Gasteiger partial charge < -0.3 is 29.9 Å². The predicted octanol–water partition coefficient (Wildman–Crippen LogP) is 2.34. The van der Waals surface area contributed by atoms with Crippen molar-refractivity contribution in [1.82, 2.24) is 15.5 Å². The molecule has 0 saturated carbocycles. The lowest BCUT2D eigenvalue weighted by Gasteiger charge is -2.40. The van der Waals surface area contributed by atoms with Gasteiger partial charge in [-0.1, -0.05) is 6.07 Å². The molecule has 0 atom stereocenters. The highest BCUT2D eigenvalue weighted by molar-refractivity contribution is 5.80. The number of ether oxygens (including phenoxy) is 2. The van der Waals surface area contributed by atoms with Crippen molar-refractivity contribution in [3.8, 4) is 0 Å². The van der Waals surface area contributed by atoms with Gasteiger partial charge in [0.05, 0.1) is 31.5 Å². The summed E-state index contributed by atoms with van der Waals surface area (Å²) in [6.45, 7) is 12.4. The number of carbonyl (C=O) groups is 1. The Balaban J connectivity index is 1.53. The summed E-state index contributed by atoms with van der Waals surface area (Å²) in [4.78, 5) is 20.3. The van der Waals surface area contributed by atoms with Crippen molar-refractivity contribution < 1.29 is 18.7 Å². The van der Waals surface area contributed by atoms with E-state index in [1.54, 1.807) is 11.0 Å². The number of likely N-dealkylation sites (tertiary alicyclic amines) is 1. The first-order chi connectivity index (χ1) is 14.7. The topological polar surface area (TPSA) is 78.4 Å². The maximum absolute atomic E-state index is 14.6. The number of hydrogen-bond acceptors (Lipinski definition) is 5. The number of morpholine rings is 1. The number of hydrogen-bond donors (Lipinski definition) is 2. The fraction of sp³-hybridized carbons (Fsp3) is 0.636. The van der Waals surface area contributed by atoms with E-state index >= 15 is 0 Å². The lowest BCUT2D eigenvalue weighted by molar-refractivity contribution is 0.00700. The number of halogens is 1. The number of nitrogens with one attached hydrogen (secondary N) is 2. The van der Waals surface area contributed by atoms with Gasteiger partial charge in [0.15, 0.2) is 5.96 Å². The number of rotatable bonds is 5. The Morgan fingerprint density at radius 2 is 2.00 bits per heavy atom. The minimum absolute atomic E-state index is 0.103. The molecule has 1 aromatic rings. The second kappa shape index (κ2) is 10.2. The van der Waals surface area contributed by atoms with E-state index in [1.807, 2.05) is 44.7 Å². The molecule has 1 amide bonds. The first-order valence-corrected chi connectivity index (χ1v) is 10.9. The van der Waals surface area contributed by atoms with Gasteiger partial charge in [-0.25, -0.2) is 14.2 Å². The van der Waals surface area contributed by atoms with Gasteiger partial charge in [0.1, 0.15) is 11.4 Å². The fourth-order valence-electron chi connectivity index (χ4n) is 3.44. The number of amides is 1. The third-order valence-corrected chi connectivity index (χ3v) is 5.00. The van der Waals surface area contributed by atoms with Crippen LogP contribution in [0.25, 0.3) is 0 Å². The molecule has 2 saturated heterocycles. The third kappa shape index (κ3) is 6.72. The normalized spacial score (nSPS) is 17.9. The molecule has 1 aromatic carbocycles. The number of benzene rings is 1. The van der Waals surface area contributed by atoms with Crippen LogP contribution in [-0.2, 0) is 16.0 Å². The number of nitrogens with zero attached hydrogens (tertiary/aromatic N) is 3. The van der Waals surface area contributed by atoms with E-state index < -0.39 is 5.60 Å². The molecular formula is C22H34FN5O3. The van der Waals surface area contributed by atoms with Crippen LogP contribution in [0.5, 0.6) is 0 Å². The summed E-state index contributed by atoms with van der Waals surface area (Å²) in [5.74, 6) is 0.411. The van der Waals surface area contributed by atoms with Gasteiger partial charge in [-0.05, 0) is 45.4 Å². The van der Waals surface area contributed by atoms with Crippen LogP contribution in [0, 0.1) is 5.82 Å². The Morgan fingerprint density at radius 1 is 1.29 bits per heavy atom. The van der Waals surface area contributed by atoms with Gasteiger partial charge in [0.25, 0.3) is 0 Å². The molecule has 2 aliphatic rings. The fourth-order valence-corrected chi connectivity index (χ4v) is 3.44. The Bertz CT molecular complexity index is 784. The first kappa shape index (κ1) is 23.1. The summed E-state index contributed by atoms with van der Waals surface area (Å²) < 4.78 is 25.3. The lowest BCUT2D eigenvalue weighted by Crippen LogP contribution is -2.63. The maximum Gasteiger partial charge on any atom is 0.410 e. The minimum Gasteiger partial charge on any atom is -0.444 e. The molecule has 2 N–H and O–H groups in total. The van der Waals surface area contributed by atoms with Gasteiger partial charge in [0, 0.05) is 32.7 Å². The van der Waals surface area contributed by atoms with E-state index in [4.69, 9.17) is 9.47 Å². The second-order valence-corrected chi connectivity index (χ2v) is 8.81. The van der Waals surface area contributed by atoms with Crippen molar-refractivity contribution >= 4 is 17.7 Å². The van der Waals surface area contributed by atoms with E-state index in [-0.39, 0.29) is 18.0 Å². The van der Waals surface area contributed by atoms with Gasteiger partial charge in [-0.2, -0.15) is 0 Å². The lowest BCUT2D eigenvalue weighted by atomic mass is 10.1. The van der Waals surface area contributed by atoms with Crippen molar-refractivity contribution in [3.05, 3.63) is 29.6 Å². The van der Waals surface area contributed by atoms with Gasteiger partial charge in [-0.15, -0.1) is 0 Å². The summed E-state index contributed by atoms with van der Waals surface area (Å²) >= 11 is 0. The van der Waals surface area contributed by atoms with Crippen LogP contribution in [0.2, 0.25) is 0 Å². The second-order valence-electron chi connectivity index (χ2n) is 8.81. The van der Waals surface area contributed by atoms with Crippen molar-refractivity contribution in [2.24, 2.45) is 4.99 Å². The molecule has 0 spiro atoms.